The zero-order valence-corrected chi connectivity index (χ0v) is 13.4. The molecule has 0 spiro atoms. The van der Waals surface area contributed by atoms with E-state index in [0.29, 0.717) is 16.5 Å². The van der Waals surface area contributed by atoms with Gasteiger partial charge in [-0.05, 0) is 37.3 Å². The van der Waals surface area contributed by atoms with Gasteiger partial charge in [0.25, 0.3) is 5.91 Å². The summed E-state index contributed by atoms with van der Waals surface area (Å²) in [6.45, 7) is 0. The highest BCUT2D eigenvalue weighted by molar-refractivity contribution is 9.10. The first kappa shape index (κ1) is 14.7. The Morgan fingerprint density at radius 1 is 1.42 bits per heavy atom. The van der Waals surface area contributed by atoms with Crippen LogP contribution in [0.25, 0.3) is 0 Å². The minimum atomic E-state index is -0.0593. The first-order valence-corrected chi connectivity index (χ1v) is 8.58. The predicted octanol–water partition coefficient (Wildman–Crippen LogP) is 3.44. The quantitative estimate of drug-likeness (QED) is 0.827. The number of thioether (sulfide) groups is 1. The van der Waals surface area contributed by atoms with Crippen LogP contribution in [0.1, 0.15) is 36.0 Å². The second-order valence-electron chi connectivity index (χ2n) is 4.87. The molecule has 3 nitrogen and oxygen atoms in total. The number of benzene rings is 1. The van der Waals surface area contributed by atoms with Gasteiger partial charge in [0.05, 0.1) is 5.56 Å². The summed E-state index contributed by atoms with van der Waals surface area (Å²) in [6, 6.07) is 5.64. The molecule has 1 aliphatic rings. The Morgan fingerprint density at radius 3 is 2.84 bits per heavy atom. The summed E-state index contributed by atoms with van der Waals surface area (Å²) in [5, 5.41) is 3.66. The number of amides is 1. The number of hydrogen-bond acceptors (Lipinski definition) is 3. The van der Waals surface area contributed by atoms with Gasteiger partial charge in [-0.2, -0.15) is 11.8 Å². The van der Waals surface area contributed by atoms with Gasteiger partial charge in [0.1, 0.15) is 0 Å². The third-order valence-corrected chi connectivity index (χ3v) is 5.24. The summed E-state index contributed by atoms with van der Waals surface area (Å²) >= 11 is 5.19. The third-order valence-electron chi connectivity index (χ3n) is 3.58. The lowest BCUT2D eigenvalue weighted by atomic mass is 9.94. The van der Waals surface area contributed by atoms with Crippen molar-refractivity contribution in [1.29, 1.82) is 0 Å². The molecular formula is C14H19BrN2OS. The first-order valence-electron chi connectivity index (χ1n) is 6.50. The number of anilines is 1. The molecule has 0 aliphatic heterocycles. The number of nitrogens with one attached hydrogen (secondary N) is 1. The average molecular weight is 343 g/mol. The molecule has 0 aromatic heterocycles. The summed E-state index contributed by atoms with van der Waals surface area (Å²) < 4.78 is 0.890. The Bertz CT molecular complexity index is 467. The molecule has 3 N–H and O–H groups in total. The van der Waals surface area contributed by atoms with Crippen LogP contribution in [0.4, 0.5) is 5.69 Å². The first-order chi connectivity index (χ1) is 9.11. The fourth-order valence-corrected chi connectivity index (χ4v) is 3.84. The molecular weight excluding hydrogens is 324 g/mol. The second kappa shape index (κ2) is 6.66. The van der Waals surface area contributed by atoms with Crippen molar-refractivity contribution in [2.75, 3.05) is 12.0 Å². The monoisotopic (exact) mass is 342 g/mol. The van der Waals surface area contributed by atoms with E-state index in [4.69, 9.17) is 5.73 Å². The van der Waals surface area contributed by atoms with Crippen LogP contribution in [0.5, 0.6) is 0 Å². The van der Waals surface area contributed by atoms with Crippen LogP contribution in [0, 0.1) is 0 Å². The molecule has 1 saturated carbocycles. The molecule has 1 aromatic carbocycles. The molecule has 104 valence electrons. The maximum absolute atomic E-state index is 12.3. The minimum Gasteiger partial charge on any atom is -0.398 e. The lowest BCUT2D eigenvalue weighted by Gasteiger charge is -2.31. The van der Waals surface area contributed by atoms with Gasteiger partial charge in [0.2, 0.25) is 0 Å². The van der Waals surface area contributed by atoms with Crippen LogP contribution in [0.15, 0.2) is 22.7 Å². The van der Waals surface area contributed by atoms with E-state index in [1.54, 1.807) is 12.1 Å². The number of carbonyl (C=O) groups is 1. The minimum absolute atomic E-state index is 0.0593. The van der Waals surface area contributed by atoms with E-state index in [9.17, 15) is 4.79 Å². The number of rotatable bonds is 3. The molecule has 5 heteroatoms. The van der Waals surface area contributed by atoms with Crippen LogP contribution < -0.4 is 11.1 Å². The van der Waals surface area contributed by atoms with Gasteiger partial charge in [-0.3, -0.25) is 4.79 Å². The Labute approximate surface area is 126 Å². The Hall–Kier alpha value is -0.680. The molecule has 2 rings (SSSR count). The Morgan fingerprint density at radius 2 is 2.16 bits per heavy atom. The fraction of sp³-hybridized carbons (Fsp3) is 0.500. The Balaban J connectivity index is 2.07. The van der Waals surface area contributed by atoms with Crippen LogP contribution in [-0.4, -0.2) is 23.5 Å². The Kier molecular flexibility index (Phi) is 5.16. The van der Waals surface area contributed by atoms with Gasteiger partial charge in [-0.1, -0.05) is 28.8 Å². The van der Waals surface area contributed by atoms with E-state index in [1.165, 1.54) is 19.3 Å². The van der Waals surface area contributed by atoms with E-state index in [-0.39, 0.29) is 11.9 Å². The van der Waals surface area contributed by atoms with Gasteiger partial charge in [0.15, 0.2) is 0 Å². The lowest BCUT2D eigenvalue weighted by Crippen LogP contribution is -2.43. The summed E-state index contributed by atoms with van der Waals surface area (Å²) in [5.74, 6) is -0.0593. The summed E-state index contributed by atoms with van der Waals surface area (Å²) in [7, 11) is 0. The van der Waals surface area contributed by atoms with E-state index < -0.39 is 0 Å². The lowest BCUT2D eigenvalue weighted by molar-refractivity contribution is 0.0930. The second-order valence-corrected chi connectivity index (χ2v) is 6.86. The summed E-state index contributed by atoms with van der Waals surface area (Å²) in [5.41, 5.74) is 6.98. The van der Waals surface area contributed by atoms with Crippen LogP contribution in [0.2, 0.25) is 0 Å². The normalized spacial score (nSPS) is 23.1. The van der Waals surface area contributed by atoms with Crippen molar-refractivity contribution >= 4 is 39.3 Å². The van der Waals surface area contributed by atoms with E-state index in [0.717, 1.165) is 10.9 Å². The van der Waals surface area contributed by atoms with Crippen LogP contribution in [0.3, 0.4) is 0 Å². The standard InChI is InChI=1S/C14H19BrN2OS/c1-19-13-5-3-2-4-12(13)17-14(18)10-7-6-9(15)8-11(10)16/h6-8,12-13H,2-5,16H2,1H3,(H,17,18). The number of nitrogen functional groups attached to an aromatic ring is 1. The maximum atomic E-state index is 12.3. The van der Waals surface area contributed by atoms with E-state index in [2.05, 4.69) is 27.5 Å². The fourth-order valence-electron chi connectivity index (χ4n) is 2.53. The number of halogens is 1. The summed E-state index contributed by atoms with van der Waals surface area (Å²) in [6.07, 6.45) is 6.81. The van der Waals surface area contributed by atoms with Crippen LogP contribution in [-0.2, 0) is 0 Å². The predicted molar refractivity (Wildman–Crippen MR) is 85.6 cm³/mol. The zero-order valence-electron chi connectivity index (χ0n) is 11.0. The van der Waals surface area contributed by atoms with E-state index >= 15 is 0 Å². The molecule has 0 heterocycles. The molecule has 19 heavy (non-hydrogen) atoms. The highest BCUT2D eigenvalue weighted by atomic mass is 79.9. The highest BCUT2D eigenvalue weighted by Crippen LogP contribution is 2.27. The van der Waals surface area contributed by atoms with Crippen molar-refractivity contribution in [2.24, 2.45) is 0 Å². The van der Waals surface area contributed by atoms with Crippen LogP contribution >= 0.6 is 27.7 Å². The number of nitrogens with two attached hydrogens (primary N) is 1. The molecule has 2 unspecified atom stereocenters. The molecule has 1 amide bonds. The van der Waals surface area contributed by atoms with Crippen molar-refractivity contribution in [3.05, 3.63) is 28.2 Å². The summed E-state index contributed by atoms with van der Waals surface area (Å²) in [4.78, 5) is 12.3. The number of hydrogen-bond donors (Lipinski definition) is 2. The van der Waals surface area contributed by atoms with Crippen molar-refractivity contribution in [3.63, 3.8) is 0 Å². The van der Waals surface area contributed by atoms with Gasteiger partial charge in [0, 0.05) is 21.5 Å². The molecule has 2 atom stereocenters. The third kappa shape index (κ3) is 3.66. The smallest absolute Gasteiger partial charge is 0.253 e. The molecule has 1 aromatic rings. The van der Waals surface area contributed by atoms with Crippen molar-refractivity contribution in [3.8, 4) is 0 Å². The van der Waals surface area contributed by atoms with E-state index in [1.807, 2.05) is 17.8 Å². The molecule has 1 fully saturated rings. The largest absolute Gasteiger partial charge is 0.398 e. The SMILES string of the molecule is CSC1CCCCC1NC(=O)c1ccc(Br)cc1N. The van der Waals surface area contributed by atoms with Gasteiger partial charge in [-0.25, -0.2) is 0 Å². The van der Waals surface area contributed by atoms with Crippen molar-refractivity contribution in [1.82, 2.24) is 5.32 Å². The maximum Gasteiger partial charge on any atom is 0.253 e. The number of carbonyl (C=O) groups excluding carboxylic acids is 1. The van der Waals surface area contributed by atoms with Gasteiger partial charge >= 0.3 is 0 Å². The molecule has 1 aliphatic carbocycles. The molecule has 0 radical (unpaired) electrons. The molecule has 0 bridgehead atoms. The average Bonchev–Trinajstić information content (AvgIpc) is 2.39. The highest BCUT2D eigenvalue weighted by Gasteiger charge is 2.26. The van der Waals surface area contributed by atoms with Gasteiger partial charge in [-0.15, -0.1) is 0 Å². The van der Waals surface area contributed by atoms with Crippen molar-refractivity contribution < 1.29 is 4.79 Å². The molecule has 0 saturated heterocycles. The van der Waals surface area contributed by atoms with Gasteiger partial charge < -0.3 is 11.1 Å². The van der Waals surface area contributed by atoms with Crippen molar-refractivity contribution in [2.45, 2.75) is 37.0 Å². The topological polar surface area (TPSA) is 55.1 Å². The zero-order chi connectivity index (χ0) is 13.8.